The van der Waals surface area contributed by atoms with Crippen LogP contribution in [-0.2, 0) is 9.59 Å². The van der Waals surface area contributed by atoms with Gasteiger partial charge in [-0.15, -0.1) is 0 Å². The van der Waals surface area contributed by atoms with E-state index in [4.69, 9.17) is 9.47 Å². The Morgan fingerprint density at radius 2 is 1.71 bits per heavy atom. The van der Waals surface area contributed by atoms with Gasteiger partial charge in [0.15, 0.2) is 0 Å². The van der Waals surface area contributed by atoms with Crippen LogP contribution in [0.25, 0.3) is 10.8 Å². The third kappa shape index (κ3) is 4.27. The monoisotopic (exact) mass is 377 g/mol. The van der Waals surface area contributed by atoms with Gasteiger partial charge >= 0.3 is 11.8 Å². The number of nitrogens with zero attached hydrogens (tertiary/aromatic N) is 1. The zero-order chi connectivity index (χ0) is 19.9. The number of benzene rings is 3. The molecule has 2 amide bonds. The van der Waals surface area contributed by atoms with Gasteiger partial charge in [0.2, 0.25) is 0 Å². The Kier molecular flexibility index (Phi) is 5.86. The third-order valence-corrected chi connectivity index (χ3v) is 4.05. The molecular weight excluding hydrogens is 358 g/mol. The number of fused-ring (bicyclic) bond motifs is 1. The van der Waals surface area contributed by atoms with E-state index in [-0.39, 0.29) is 0 Å². The number of carbonyl (C=O) groups excluding carboxylic acids is 2. The van der Waals surface area contributed by atoms with E-state index in [0.717, 1.165) is 10.8 Å². The molecule has 3 aromatic rings. The molecule has 28 heavy (non-hydrogen) atoms. The third-order valence-electron chi connectivity index (χ3n) is 4.05. The minimum absolute atomic E-state index is 0.526. The highest BCUT2D eigenvalue weighted by atomic mass is 16.5. The highest BCUT2D eigenvalue weighted by Gasteiger charge is 2.14. The van der Waals surface area contributed by atoms with Gasteiger partial charge in [0.05, 0.1) is 20.4 Å². The summed E-state index contributed by atoms with van der Waals surface area (Å²) in [5.74, 6) is -0.531. The molecule has 0 radical (unpaired) electrons. The first kappa shape index (κ1) is 18.9. The van der Waals surface area contributed by atoms with Gasteiger partial charge in [0, 0.05) is 22.7 Å². The first-order chi connectivity index (χ1) is 13.6. The van der Waals surface area contributed by atoms with Gasteiger partial charge in [0.1, 0.15) is 11.5 Å². The quantitative estimate of drug-likeness (QED) is 0.406. The Labute approximate surface area is 162 Å². The molecule has 0 atom stereocenters. The van der Waals surface area contributed by atoms with Crippen LogP contribution < -0.4 is 20.2 Å². The molecule has 0 aliphatic heterocycles. The van der Waals surface area contributed by atoms with Gasteiger partial charge in [0.25, 0.3) is 0 Å². The van der Waals surface area contributed by atoms with Crippen molar-refractivity contribution in [3.63, 3.8) is 0 Å². The van der Waals surface area contributed by atoms with Gasteiger partial charge < -0.3 is 14.8 Å². The summed E-state index contributed by atoms with van der Waals surface area (Å²) in [6, 6.07) is 18.2. The molecule has 0 heterocycles. The summed E-state index contributed by atoms with van der Waals surface area (Å²) in [5.41, 5.74) is 3.39. The normalized spacial score (nSPS) is 10.6. The van der Waals surface area contributed by atoms with Crippen LogP contribution in [0.3, 0.4) is 0 Å². The fraction of sp³-hybridized carbons (Fsp3) is 0.0952. The number of rotatable bonds is 5. The van der Waals surface area contributed by atoms with Crippen molar-refractivity contribution in [2.75, 3.05) is 19.5 Å². The Hall–Kier alpha value is -3.87. The van der Waals surface area contributed by atoms with Crippen LogP contribution in [0.1, 0.15) is 5.56 Å². The maximum absolute atomic E-state index is 12.2. The van der Waals surface area contributed by atoms with E-state index in [2.05, 4.69) is 15.8 Å². The molecule has 0 unspecified atom stereocenters. The second-order valence-corrected chi connectivity index (χ2v) is 5.79. The molecule has 0 bridgehead atoms. The molecular formula is C21H19N3O4. The average Bonchev–Trinajstić information content (AvgIpc) is 2.74. The van der Waals surface area contributed by atoms with E-state index in [1.54, 1.807) is 31.4 Å². The molecule has 7 nitrogen and oxygen atoms in total. The minimum atomic E-state index is -0.878. The molecule has 0 fully saturated rings. The lowest BCUT2D eigenvalue weighted by atomic mass is 10.1. The molecule has 0 aliphatic rings. The zero-order valence-corrected chi connectivity index (χ0v) is 15.4. The highest BCUT2D eigenvalue weighted by molar-refractivity contribution is 6.40. The number of hydrogen-bond donors (Lipinski definition) is 2. The SMILES string of the molecule is COc1ccc(C=NNC(=O)C(=O)Nc2cccc3ccccc23)c(OC)c1. The number of anilines is 1. The first-order valence-electron chi connectivity index (χ1n) is 8.46. The Morgan fingerprint density at radius 1 is 0.929 bits per heavy atom. The van der Waals surface area contributed by atoms with Crippen molar-refractivity contribution in [3.05, 3.63) is 66.2 Å². The van der Waals surface area contributed by atoms with E-state index in [9.17, 15) is 9.59 Å². The number of methoxy groups -OCH3 is 2. The predicted molar refractivity (Wildman–Crippen MR) is 108 cm³/mol. The lowest BCUT2D eigenvalue weighted by Gasteiger charge is -2.08. The molecule has 3 rings (SSSR count). The van der Waals surface area contributed by atoms with Crippen molar-refractivity contribution in [3.8, 4) is 11.5 Å². The van der Waals surface area contributed by atoms with E-state index < -0.39 is 11.8 Å². The van der Waals surface area contributed by atoms with Crippen LogP contribution in [0.2, 0.25) is 0 Å². The fourth-order valence-electron chi connectivity index (χ4n) is 2.65. The van der Waals surface area contributed by atoms with E-state index in [0.29, 0.717) is 22.7 Å². The number of ether oxygens (including phenoxy) is 2. The van der Waals surface area contributed by atoms with Crippen LogP contribution in [0.5, 0.6) is 11.5 Å². The van der Waals surface area contributed by atoms with Crippen LogP contribution in [0.4, 0.5) is 5.69 Å². The molecule has 0 spiro atoms. The number of nitrogens with one attached hydrogen (secondary N) is 2. The summed E-state index contributed by atoms with van der Waals surface area (Å²) >= 11 is 0. The largest absolute Gasteiger partial charge is 0.497 e. The van der Waals surface area contributed by atoms with E-state index >= 15 is 0 Å². The molecule has 7 heteroatoms. The Balaban J connectivity index is 1.66. The van der Waals surface area contributed by atoms with Gasteiger partial charge in [-0.1, -0.05) is 36.4 Å². The van der Waals surface area contributed by atoms with Crippen molar-refractivity contribution < 1.29 is 19.1 Å². The number of hydrazone groups is 1. The topological polar surface area (TPSA) is 89.0 Å². The van der Waals surface area contributed by atoms with Crippen molar-refractivity contribution in [1.82, 2.24) is 5.43 Å². The summed E-state index contributed by atoms with van der Waals surface area (Å²) in [6.45, 7) is 0. The van der Waals surface area contributed by atoms with Gasteiger partial charge in [-0.25, -0.2) is 5.43 Å². The number of carbonyl (C=O) groups is 2. The summed E-state index contributed by atoms with van der Waals surface area (Å²) in [7, 11) is 3.07. The van der Waals surface area contributed by atoms with Crippen molar-refractivity contribution in [2.45, 2.75) is 0 Å². The average molecular weight is 377 g/mol. The lowest BCUT2D eigenvalue weighted by Crippen LogP contribution is -2.32. The highest BCUT2D eigenvalue weighted by Crippen LogP contribution is 2.23. The van der Waals surface area contributed by atoms with Gasteiger partial charge in [-0.3, -0.25) is 9.59 Å². The molecule has 3 aromatic carbocycles. The van der Waals surface area contributed by atoms with Gasteiger partial charge in [-0.05, 0) is 23.6 Å². The standard InChI is InChI=1S/C21H19N3O4/c1-27-16-11-10-15(19(12-16)28-2)13-22-24-21(26)20(25)23-18-9-5-7-14-6-3-4-8-17(14)18/h3-13H,1-2H3,(H,23,25)(H,24,26). The summed E-state index contributed by atoms with van der Waals surface area (Å²) in [5, 5.41) is 8.24. The summed E-state index contributed by atoms with van der Waals surface area (Å²) in [4.78, 5) is 24.2. The molecule has 0 aromatic heterocycles. The molecule has 0 saturated carbocycles. The lowest BCUT2D eigenvalue weighted by molar-refractivity contribution is -0.136. The number of amides is 2. The van der Waals surface area contributed by atoms with Crippen molar-refractivity contribution in [2.24, 2.45) is 5.10 Å². The summed E-state index contributed by atoms with van der Waals surface area (Å²) in [6.07, 6.45) is 1.39. The van der Waals surface area contributed by atoms with Crippen LogP contribution in [-0.4, -0.2) is 32.2 Å². The van der Waals surface area contributed by atoms with Crippen molar-refractivity contribution >= 4 is 34.5 Å². The second-order valence-electron chi connectivity index (χ2n) is 5.79. The maximum Gasteiger partial charge on any atom is 0.329 e. The molecule has 2 N–H and O–H groups in total. The Bertz CT molecular complexity index is 1040. The Morgan fingerprint density at radius 3 is 2.50 bits per heavy atom. The van der Waals surface area contributed by atoms with Crippen LogP contribution >= 0.6 is 0 Å². The minimum Gasteiger partial charge on any atom is -0.497 e. The zero-order valence-electron chi connectivity index (χ0n) is 15.4. The fourth-order valence-corrected chi connectivity index (χ4v) is 2.65. The number of hydrogen-bond acceptors (Lipinski definition) is 5. The van der Waals surface area contributed by atoms with E-state index in [1.807, 2.05) is 36.4 Å². The molecule has 0 saturated heterocycles. The summed E-state index contributed by atoms with van der Waals surface area (Å²) < 4.78 is 10.4. The molecule has 142 valence electrons. The van der Waals surface area contributed by atoms with Gasteiger partial charge in [-0.2, -0.15) is 5.10 Å². The second kappa shape index (κ2) is 8.68. The van der Waals surface area contributed by atoms with Crippen LogP contribution in [0.15, 0.2) is 65.8 Å². The van der Waals surface area contributed by atoms with Crippen LogP contribution in [0, 0.1) is 0 Å². The first-order valence-corrected chi connectivity index (χ1v) is 8.46. The van der Waals surface area contributed by atoms with E-state index in [1.165, 1.54) is 13.3 Å². The maximum atomic E-state index is 12.2. The predicted octanol–water partition coefficient (Wildman–Crippen LogP) is 2.95. The smallest absolute Gasteiger partial charge is 0.329 e. The van der Waals surface area contributed by atoms with Crippen molar-refractivity contribution in [1.29, 1.82) is 0 Å². The molecule has 0 aliphatic carbocycles.